The van der Waals surface area contributed by atoms with Crippen LogP contribution in [-0.4, -0.2) is 54.0 Å². The molecule has 0 unspecified atom stereocenters. The summed E-state index contributed by atoms with van der Waals surface area (Å²) in [6.45, 7) is 6.07. The second kappa shape index (κ2) is 9.61. The molecular formula is C25H29F5N4O. The number of rotatable bonds is 5. The lowest BCUT2D eigenvalue weighted by Crippen LogP contribution is -2.32. The van der Waals surface area contributed by atoms with E-state index in [-0.39, 0.29) is 28.7 Å². The van der Waals surface area contributed by atoms with Gasteiger partial charge in [-0.15, -0.1) is 10.2 Å². The van der Waals surface area contributed by atoms with Gasteiger partial charge >= 0.3 is 6.18 Å². The number of likely N-dealkylation sites (tertiary alicyclic amines) is 1. The van der Waals surface area contributed by atoms with E-state index in [4.69, 9.17) is 4.74 Å². The Morgan fingerprint density at radius 1 is 1.00 bits per heavy atom. The van der Waals surface area contributed by atoms with Crippen LogP contribution in [0.2, 0.25) is 0 Å². The highest BCUT2D eigenvalue weighted by atomic mass is 19.4. The molecule has 2 aromatic rings. The van der Waals surface area contributed by atoms with Gasteiger partial charge in [0.25, 0.3) is 0 Å². The molecule has 190 valence electrons. The van der Waals surface area contributed by atoms with E-state index >= 15 is 0 Å². The summed E-state index contributed by atoms with van der Waals surface area (Å²) in [6.07, 6.45) is -0.963. The lowest BCUT2D eigenvalue weighted by molar-refractivity contribution is -0.137. The van der Waals surface area contributed by atoms with E-state index in [2.05, 4.69) is 20.4 Å². The number of nitrogens with zero attached hydrogens (tertiary/aromatic N) is 3. The maximum Gasteiger partial charge on any atom is 0.420 e. The minimum absolute atomic E-state index is 0.113. The molecule has 1 aliphatic carbocycles. The van der Waals surface area contributed by atoms with Crippen molar-refractivity contribution in [1.82, 2.24) is 15.1 Å². The van der Waals surface area contributed by atoms with E-state index in [0.717, 1.165) is 70.7 Å². The zero-order chi connectivity index (χ0) is 24.7. The summed E-state index contributed by atoms with van der Waals surface area (Å²) in [5.74, 6) is -0.536. The smallest absolute Gasteiger partial charge is 0.381 e. The highest BCUT2D eigenvalue weighted by Gasteiger charge is 2.43. The molecule has 2 atom stereocenters. The molecule has 3 aliphatic rings. The molecule has 1 aromatic heterocycles. The van der Waals surface area contributed by atoms with Gasteiger partial charge < -0.3 is 15.0 Å². The van der Waals surface area contributed by atoms with Crippen LogP contribution in [0, 0.1) is 36.3 Å². The van der Waals surface area contributed by atoms with Crippen LogP contribution in [0.3, 0.4) is 0 Å². The van der Waals surface area contributed by atoms with E-state index in [0.29, 0.717) is 23.8 Å². The number of benzene rings is 1. The Labute approximate surface area is 201 Å². The molecule has 0 bridgehead atoms. The minimum atomic E-state index is -4.70. The molecule has 3 fully saturated rings. The van der Waals surface area contributed by atoms with Crippen molar-refractivity contribution < 1.29 is 26.7 Å². The molecule has 10 heteroatoms. The first-order valence-corrected chi connectivity index (χ1v) is 12.1. The number of anilines is 1. The average Bonchev–Trinajstić information content (AvgIpc) is 3.34. The second-order valence-electron chi connectivity index (χ2n) is 10.2. The number of nitrogens with one attached hydrogen (secondary N) is 1. The third-order valence-electron chi connectivity index (χ3n) is 7.65. The standard InChI is InChI=1S/C25H29F5N4O/c1-14-6-19(22(27)10-21(14)26)23-9-20(25(28,29)30)24(33-32-23)31-18-7-16-12-34(13-17(16)8-18)11-15-2-4-35-5-3-15/h6,9-10,15-18H,2-5,7-8,11-13H2,1H3,(H,31,33)/t16-,17-/m1/s1. The Kier molecular flexibility index (Phi) is 6.69. The summed E-state index contributed by atoms with van der Waals surface area (Å²) in [6, 6.07) is 2.46. The lowest BCUT2D eigenvalue weighted by atomic mass is 10.00. The number of fused-ring (bicyclic) bond motifs is 1. The number of alkyl halides is 3. The van der Waals surface area contributed by atoms with Gasteiger partial charge in [0.2, 0.25) is 0 Å². The summed E-state index contributed by atoms with van der Waals surface area (Å²) in [5, 5.41) is 10.6. The summed E-state index contributed by atoms with van der Waals surface area (Å²) in [5.41, 5.74) is -1.38. The third-order valence-corrected chi connectivity index (χ3v) is 7.65. The Balaban J connectivity index is 1.27. The van der Waals surface area contributed by atoms with Crippen molar-refractivity contribution in [3.8, 4) is 11.3 Å². The zero-order valence-corrected chi connectivity index (χ0v) is 19.5. The van der Waals surface area contributed by atoms with Crippen LogP contribution in [0.15, 0.2) is 18.2 Å². The fourth-order valence-electron chi connectivity index (χ4n) is 5.85. The number of halogens is 5. The molecule has 5 nitrogen and oxygen atoms in total. The molecule has 2 saturated heterocycles. The van der Waals surface area contributed by atoms with Crippen molar-refractivity contribution in [3.05, 3.63) is 41.0 Å². The predicted molar refractivity (Wildman–Crippen MR) is 121 cm³/mol. The molecular weight excluding hydrogens is 467 g/mol. The SMILES string of the molecule is Cc1cc(-c2cc(C(F)(F)F)c(NC3C[C@@H]4CN(CC5CCOCC5)C[C@H]4C3)nn2)c(F)cc1F. The van der Waals surface area contributed by atoms with Crippen LogP contribution >= 0.6 is 0 Å². The van der Waals surface area contributed by atoms with E-state index in [1.54, 1.807) is 0 Å². The van der Waals surface area contributed by atoms with Crippen LogP contribution in [0.5, 0.6) is 0 Å². The molecule has 5 rings (SSSR count). The van der Waals surface area contributed by atoms with Crippen molar-refractivity contribution in [2.24, 2.45) is 17.8 Å². The molecule has 2 aliphatic heterocycles. The molecule has 0 radical (unpaired) electrons. The van der Waals surface area contributed by atoms with Gasteiger partial charge in [-0.1, -0.05) is 0 Å². The van der Waals surface area contributed by atoms with Crippen molar-refractivity contribution in [2.45, 2.75) is 44.8 Å². The number of ether oxygens (including phenoxy) is 1. The predicted octanol–water partition coefficient (Wildman–Crippen LogP) is 5.30. The van der Waals surface area contributed by atoms with Gasteiger partial charge in [-0.3, -0.25) is 0 Å². The lowest BCUT2D eigenvalue weighted by Gasteiger charge is -2.28. The average molecular weight is 497 g/mol. The Hall–Kier alpha value is -2.33. The van der Waals surface area contributed by atoms with Crippen molar-refractivity contribution in [2.75, 3.05) is 38.2 Å². The van der Waals surface area contributed by atoms with E-state index in [1.165, 1.54) is 6.92 Å². The van der Waals surface area contributed by atoms with Crippen molar-refractivity contribution in [3.63, 3.8) is 0 Å². The quantitative estimate of drug-likeness (QED) is 0.570. The number of aromatic nitrogens is 2. The molecule has 0 spiro atoms. The monoisotopic (exact) mass is 496 g/mol. The molecule has 35 heavy (non-hydrogen) atoms. The first kappa shape index (κ1) is 24.4. The maximum absolute atomic E-state index is 14.3. The van der Waals surface area contributed by atoms with Crippen molar-refractivity contribution in [1.29, 1.82) is 0 Å². The topological polar surface area (TPSA) is 50.3 Å². The third kappa shape index (κ3) is 5.28. The van der Waals surface area contributed by atoms with Gasteiger partial charge in [-0.05, 0) is 68.1 Å². The van der Waals surface area contributed by atoms with Crippen LogP contribution in [0.4, 0.5) is 27.8 Å². The van der Waals surface area contributed by atoms with Crippen LogP contribution in [0.1, 0.15) is 36.8 Å². The summed E-state index contributed by atoms with van der Waals surface area (Å²) >= 11 is 0. The van der Waals surface area contributed by atoms with Gasteiger partial charge in [0, 0.05) is 50.5 Å². The minimum Gasteiger partial charge on any atom is -0.381 e. The first-order valence-electron chi connectivity index (χ1n) is 12.1. The van der Waals surface area contributed by atoms with Gasteiger partial charge in [-0.2, -0.15) is 13.2 Å². The normalized spacial score (nSPS) is 24.2. The van der Waals surface area contributed by atoms with Crippen molar-refractivity contribution >= 4 is 5.82 Å². The first-order chi connectivity index (χ1) is 16.7. The van der Waals surface area contributed by atoms with Crippen LogP contribution in [-0.2, 0) is 10.9 Å². The molecule has 1 saturated carbocycles. The van der Waals surface area contributed by atoms with Crippen LogP contribution in [0.25, 0.3) is 11.3 Å². The highest BCUT2D eigenvalue weighted by Crippen LogP contribution is 2.42. The van der Waals surface area contributed by atoms with Crippen LogP contribution < -0.4 is 5.32 Å². The summed E-state index contributed by atoms with van der Waals surface area (Å²) in [4.78, 5) is 2.50. The van der Waals surface area contributed by atoms with Gasteiger partial charge in [0.1, 0.15) is 17.2 Å². The number of aryl methyl sites for hydroxylation is 1. The van der Waals surface area contributed by atoms with Gasteiger partial charge in [-0.25, -0.2) is 8.78 Å². The number of hydrogen-bond acceptors (Lipinski definition) is 5. The van der Waals surface area contributed by atoms with E-state index < -0.39 is 23.4 Å². The maximum atomic E-state index is 14.3. The molecule has 1 N–H and O–H groups in total. The largest absolute Gasteiger partial charge is 0.420 e. The van der Waals surface area contributed by atoms with Gasteiger partial charge in [0.05, 0.1) is 5.69 Å². The summed E-state index contributed by atoms with van der Waals surface area (Å²) in [7, 11) is 0. The Bertz CT molecular complexity index is 1060. The Morgan fingerprint density at radius 2 is 1.69 bits per heavy atom. The molecule has 1 aromatic carbocycles. The summed E-state index contributed by atoms with van der Waals surface area (Å²) < 4.78 is 75.0. The fourth-order valence-corrected chi connectivity index (χ4v) is 5.85. The molecule has 0 amide bonds. The second-order valence-corrected chi connectivity index (χ2v) is 10.2. The Morgan fingerprint density at radius 3 is 2.34 bits per heavy atom. The zero-order valence-electron chi connectivity index (χ0n) is 19.5. The fraction of sp³-hybridized carbons (Fsp3) is 0.600. The number of hydrogen-bond donors (Lipinski definition) is 1. The van der Waals surface area contributed by atoms with Gasteiger partial charge in [0.15, 0.2) is 5.82 Å². The highest BCUT2D eigenvalue weighted by molar-refractivity contribution is 5.64. The van der Waals surface area contributed by atoms with E-state index in [9.17, 15) is 22.0 Å². The van der Waals surface area contributed by atoms with E-state index in [1.807, 2.05) is 0 Å². The molecule has 3 heterocycles.